The number of aliphatic imine (C=N–C) groups is 1. The summed E-state index contributed by atoms with van der Waals surface area (Å²) in [6.07, 6.45) is 5.15. The minimum absolute atomic E-state index is 0. The fourth-order valence-electron chi connectivity index (χ4n) is 3.32. The van der Waals surface area contributed by atoms with Gasteiger partial charge in [-0.25, -0.2) is 0 Å². The van der Waals surface area contributed by atoms with E-state index in [1.807, 2.05) is 25.4 Å². The summed E-state index contributed by atoms with van der Waals surface area (Å²) >= 11 is 0. The van der Waals surface area contributed by atoms with Crippen LogP contribution in [-0.2, 0) is 12.8 Å². The number of hydrogen-bond donors (Lipinski definition) is 1. The molecule has 1 aromatic carbocycles. The van der Waals surface area contributed by atoms with Crippen LogP contribution in [0.1, 0.15) is 17.7 Å². The summed E-state index contributed by atoms with van der Waals surface area (Å²) in [6, 6.07) is 16.8. The Kier molecular flexibility index (Phi) is 8.18. The average Bonchev–Trinajstić information content (AvgIpc) is 3.09. The second-order valence-electron chi connectivity index (χ2n) is 6.34. The van der Waals surface area contributed by atoms with E-state index < -0.39 is 0 Å². The molecule has 3 rings (SSSR count). The quantitative estimate of drug-likeness (QED) is 0.432. The van der Waals surface area contributed by atoms with Crippen LogP contribution in [-0.4, -0.2) is 42.5 Å². The second kappa shape index (κ2) is 10.4. The van der Waals surface area contributed by atoms with E-state index >= 15 is 0 Å². The second-order valence-corrected chi connectivity index (χ2v) is 6.34. The van der Waals surface area contributed by atoms with E-state index in [0.717, 1.165) is 44.1 Å². The lowest BCUT2D eigenvalue weighted by molar-refractivity contribution is 0.460. The molecule has 1 unspecified atom stereocenters. The average molecular weight is 450 g/mol. The number of likely N-dealkylation sites (tertiary alicyclic amines) is 1. The lowest BCUT2D eigenvalue weighted by Gasteiger charge is -2.21. The third-order valence-corrected chi connectivity index (χ3v) is 4.55. The van der Waals surface area contributed by atoms with Gasteiger partial charge in [0.15, 0.2) is 5.96 Å². The highest BCUT2D eigenvalue weighted by molar-refractivity contribution is 14.0. The Hall–Kier alpha value is -1.63. The molecule has 25 heavy (non-hydrogen) atoms. The molecule has 134 valence electrons. The number of halogens is 1. The van der Waals surface area contributed by atoms with Gasteiger partial charge in [0, 0.05) is 45.0 Å². The zero-order valence-electron chi connectivity index (χ0n) is 14.8. The van der Waals surface area contributed by atoms with Crippen molar-refractivity contribution in [2.75, 3.05) is 26.7 Å². The summed E-state index contributed by atoms with van der Waals surface area (Å²) in [4.78, 5) is 11.2. The van der Waals surface area contributed by atoms with Crippen molar-refractivity contribution in [2.24, 2.45) is 10.9 Å². The number of hydrogen-bond acceptors (Lipinski definition) is 2. The number of benzene rings is 1. The number of pyridine rings is 1. The maximum Gasteiger partial charge on any atom is 0.193 e. The van der Waals surface area contributed by atoms with Crippen molar-refractivity contribution in [1.29, 1.82) is 0 Å². The molecule has 4 nitrogen and oxygen atoms in total. The largest absolute Gasteiger partial charge is 0.356 e. The van der Waals surface area contributed by atoms with Crippen molar-refractivity contribution >= 4 is 29.9 Å². The van der Waals surface area contributed by atoms with Gasteiger partial charge in [0.05, 0.1) is 0 Å². The predicted octanol–water partition coefficient (Wildman–Crippen LogP) is 3.38. The lowest BCUT2D eigenvalue weighted by atomic mass is 9.99. The van der Waals surface area contributed by atoms with Gasteiger partial charge in [0.1, 0.15) is 0 Å². The third-order valence-electron chi connectivity index (χ3n) is 4.55. The highest BCUT2D eigenvalue weighted by atomic mass is 127. The topological polar surface area (TPSA) is 40.5 Å². The molecule has 2 heterocycles. The fourth-order valence-corrected chi connectivity index (χ4v) is 3.32. The van der Waals surface area contributed by atoms with Crippen LogP contribution in [0.25, 0.3) is 0 Å². The smallest absolute Gasteiger partial charge is 0.193 e. The number of guanidine groups is 1. The number of rotatable bonds is 5. The van der Waals surface area contributed by atoms with Gasteiger partial charge in [0.2, 0.25) is 0 Å². The van der Waals surface area contributed by atoms with E-state index in [9.17, 15) is 0 Å². The first-order valence-corrected chi connectivity index (χ1v) is 8.74. The standard InChI is InChI=1S/C20H26N4.HI/c1-21-20(23-13-10-19-9-5-6-12-22-19)24-14-11-18(16-24)15-17-7-3-2-4-8-17;/h2-9,12,18H,10-11,13-16H2,1H3,(H,21,23);1H. The van der Waals surface area contributed by atoms with Crippen molar-refractivity contribution in [2.45, 2.75) is 19.3 Å². The Balaban J connectivity index is 0.00000225. The molecule has 0 spiro atoms. The van der Waals surface area contributed by atoms with Gasteiger partial charge in [-0.05, 0) is 36.5 Å². The van der Waals surface area contributed by atoms with Crippen LogP contribution in [0.15, 0.2) is 59.7 Å². The molecule has 1 aromatic heterocycles. The van der Waals surface area contributed by atoms with Gasteiger partial charge in [0.25, 0.3) is 0 Å². The number of nitrogens with zero attached hydrogens (tertiary/aromatic N) is 3. The van der Waals surface area contributed by atoms with Crippen LogP contribution < -0.4 is 5.32 Å². The highest BCUT2D eigenvalue weighted by Crippen LogP contribution is 2.20. The van der Waals surface area contributed by atoms with Crippen LogP contribution in [0, 0.1) is 5.92 Å². The minimum atomic E-state index is 0. The Labute approximate surface area is 167 Å². The van der Waals surface area contributed by atoms with E-state index in [0.29, 0.717) is 5.92 Å². The van der Waals surface area contributed by atoms with Crippen molar-refractivity contribution in [3.05, 3.63) is 66.0 Å². The van der Waals surface area contributed by atoms with Crippen LogP contribution in [0.2, 0.25) is 0 Å². The maximum atomic E-state index is 4.45. The van der Waals surface area contributed by atoms with Gasteiger partial charge >= 0.3 is 0 Å². The van der Waals surface area contributed by atoms with Crippen LogP contribution in [0.5, 0.6) is 0 Å². The van der Waals surface area contributed by atoms with Gasteiger partial charge < -0.3 is 10.2 Å². The normalized spacial score (nSPS) is 17.2. The van der Waals surface area contributed by atoms with E-state index in [-0.39, 0.29) is 24.0 Å². The van der Waals surface area contributed by atoms with E-state index in [4.69, 9.17) is 0 Å². The molecule has 0 radical (unpaired) electrons. The summed E-state index contributed by atoms with van der Waals surface area (Å²) in [7, 11) is 1.87. The van der Waals surface area contributed by atoms with Crippen molar-refractivity contribution in [1.82, 2.24) is 15.2 Å². The molecule has 2 aromatic rings. The molecule has 0 bridgehead atoms. The summed E-state index contributed by atoms with van der Waals surface area (Å²) in [6.45, 7) is 3.03. The molecule has 1 N–H and O–H groups in total. The SMILES string of the molecule is CN=C(NCCc1ccccn1)N1CCC(Cc2ccccc2)C1.I. The van der Waals surface area contributed by atoms with Crippen LogP contribution >= 0.6 is 24.0 Å². The molecule has 1 aliphatic heterocycles. The molecule has 1 atom stereocenters. The monoisotopic (exact) mass is 450 g/mol. The molecule has 0 aliphatic carbocycles. The number of aromatic nitrogens is 1. The first-order valence-electron chi connectivity index (χ1n) is 8.74. The van der Waals surface area contributed by atoms with E-state index in [1.165, 1.54) is 12.0 Å². The van der Waals surface area contributed by atoms with Gasteiger partial charge in [-0.3, -0.25) is 9.98 Å². The number of nitrogens with one attached hydrogen (secondary N) is 1. The molecule has 0 saturated carbocycles. The summed E-state index contributed by atoms with van der Waals surface area (Å²) in [5.74, 6) is 1.73. The molecule has 1 fully saturated rings. The molecular weight excluding hydrogens is 423 g/mol. The van der Waals surface area contributed by atoms with Gasteiger partial charge in [-0.1, -0.05) is 36.4 Å². The molecule has 1 aliphatic rings. The van der Waals surface area contributed by atoms with E-state index in [1.54, 1.807) is 0 Å². The molecule has 1 saturated heterocycles. The fraction of sp³-hybridized carbons (Fsp3) is 0.400. The van der Waals surface area contributed by atoms with Gasteiger partial charge in [-0.2, -0.15) is 0 Å². The van der Waals surface area contributed by atoms with Crippen molar-refractivity contribution in [3.8, 4) is 0 Å². The molecule has 0 amide bonds. The first-order chi connectivity index (χ1) is 11.8. The highest BCUT2D eigenvalue weighted by Gasteiger charge is 2.24. The van der Waals surface area contributed by atoms with E-state index in [2.05, 4.69) is 56.6 Å². The first kappa shape index (κ1) is 19.7. The summed E-state index contributed by atoms with van der Waals surface area (Å²) < 4.78 is 0. The van der Waals surface area contributed by atoms with Gasteiger partial charge in [-0.15, -0.1) is 24.0 Å². The Morgan fingerprint density at radius 1 is 1.20 bits per heavy atom. The van der Waals surface area contributed by atoms with Crippen LogP contribution in [0.4, 0.5) is 0 Å². The lowest BCUT2D eigenvalue weighted by Crippen LogP contribution is -2.41. The van der Waals surface area contributed by atoms with Crippen LogP contribution in [0.3, 0.4) is 0 Å². The predicted molar refractivity (Wildman–Crippen MR) is 115 cm³/mol. The van der Waals surface area contributed by atoms with Crippen molar-refractivity contribution in [3.63, 3.8) is 0 Å². The summed E-state index contributed by atoms with van der Waals surface area (Å²) in [5, 5.41) is 3.48. The maximum absolute atomic E-state index is 4.45. The van der Waals surface area contributed by atoms with Crippen molar-refractivity contribution < 1.29 is 0 Å². The zero-order chi connectivity index (χ0) is 16.6. The minimum Gasteiger partial charge on any atom is -0.356 e. The molecule has 5 heteroatoms. The summed E-state index contributed by atoms with van der Waals surface area (Å²) in [5.41, 5.74) is 2.55. The molecular formula is C20H27IN4. The Morgan fingerprint density at radius 2 is 2.00 bits per heavy atom. The Morgan fingerprint density at radius 3 is 2.72 bits per heavy atom. The Bertz CT molecular complexity index is 645. The zero-order valence-corrected chi connectivity index (χ0v) is 17.1. The third kappa shape index (κ3) is 5.99.